The van der Waals surface area contributed by atoms with Crippen LogP contribution in [0.25, 0.3) is 0 Å². The van der Waals surface area contributed by atoms with Gasteiger partial charge in [-0.2, -0.15) is 4.31 Å². The van der Waals surface area contributed by atoms with Gasteiger partial charge in [0.05, 0.1) is 16.6 Å². The molecular weight excluding hydrogens is 382 g/mol. The molecule has 134 valence electrons. The van der Waals surface area contributed by atoms with Crippen molar-refractivity contribution in [1.82, 2.24) is 9.21 Å². The summed E-state index contributed by atoms with van der Waals surface area (Å²) in [7, 11) is -2.25. The zero-order valence-electron chi connectivity index (χ0n) is 12.9. The van der Waals surface area contributed by atoms with Crippen LogP contribution in [0.15, 0.2) is 17.0 Å². The van der Waals surface area contributed by atoms with Crippen molar-refractivity contribution in [3.8, 4) is 0 Å². The highest BCUT2D eigenvalue weighted by atomic mass is 35.5. The number of halogens is 3. The van der Waals surface area contributed by atoms with Crippen molar-refractivity contribution in [3.63, 3.8) is 0 Å². The fraction of sp³-hybridized carbons (Fsp3) is 0.500. The van der Waals surface area contributed by atoms with Crippen molar-refractivity contribution < 1.29 is 22.7 Å². The third-order valence-electron chi connectivity index (χ3n) is 4.05. The van der Waals surface area contributed by atoms with Crippen molar-refractivity contribution in [2.24, 2.45) is 0 Å². The van der Waals surface area contributed by atoms with Crippen LogP contribution in [0.5, 0.6) is 0 Å². The first-order chi connectivity index (χ1) is 11.1. The molecule has 1 aliphatic rings. The van der Waals surface area contributed by atoms with Gasteiger partial charge in [0.1, 0.15) is 4.90 Å². The Morgan fingerprint density at radius 2 is 1.96 bits per heavy atom. The van der Waals surface area contributed by atoms with Crippen molar-refractivity contribution in [3.05, 3.63) is 28.0 Å². The van der Waals surface area contributed by atoms with Gasteiger partial charge in [-0.25, -0.2) is 12.8 Å². The van der Waals surface area contributed by atoms with E-state index in [1.807, 2.05) is 0 Å². The number of hydrogen-bond acceptors (Lipinski definition) is 4. The van der Waals surface area contributed by atoms with Crippen LogP contribution < -0.4 is 0 Å². The average molecular weight is 399 g/mol. The Labute approximate surface area is 149 Å². The molecule has 1 heterocycles. The van der Waals surface area contributed by atoms with Crippen molar-refractivity contribution in [2.75, 3.05) is 26.7 Å². The van der Waals surface area contributed by atoms with Gasteiger partial charge in [-0.3, -0.25) is 9.69 Å². The number of carboxylic acid groups (broad SMARTS) is 1. The van der Waals surface area contributed by atoms with Gasteiger partial charge in [0.15, 0.2) is 5.82 Å². The summed E-state index contributed by atoms with van der Waals surface area (Å²) in [4.78, 5) is 12.1. The summed E-state index contributed by atoms with van der Waals surface area (Å²) < 4.78 is 40.3. The minimum absolute atomic E-state index is 0.0232. The van der Waals surface area contributed by atoms with E-state index < -0.39 is 26.8 Å². The molecule has 1 aromatic rings. The van der Waals surface area contributed by atoms with E-state index in [1.54, 1.807) is 11.9 Å². The molecule has 0 bridgehead atoms. The molecule has 1 aliphatic heterocycles. The van der Waals surface area contributed by atoms with Gasteiger partial charge in [-0.15, -0.1) is 0 Å². The average Bonchev–Trinajstić information content (AvgIpc) is 2.52. The number of aliphatic carboxylic acids is 1. The van der Waals surface area contributed by atoms with Gasteiger partial charge in [0.2, 0.25) is 10.0 Å². The van der Waals surface area contributed by atoms with E-state index >= 15 is 0 Å². The van der Waals surface area contributed by atoms with Crippen molar-refractivity contribution in [1.29, 1.82) is 0 Å². The van der Waals surface area contributed by atoms with Crippen molar-refractivity contribution >= 4 is 39.2 Å². The molecule has 0 aromatic heterocycles. The normalized spacial score (nSPS) is 17.4. The Hall–Kier alpha value is -0.930. The lowest BCUT2D eigenvalue weighted by atomic mass is 10.1. The minimum atomic E-state index is -3.94. The lowest BCUT2D eigenvalue weighted by molar-refractivity contribution is -0.138. The molecule has 0 saturated carbocycles. The molecular formula is C14H17Cl2FN2O4S. The summed E-state index contributed by atoms with van der Waals surface area (Å²) in [5, 5.41) is 8.05. The summed E-state index contributed by atoms with van der Waals surface area (Å²) in [5.74, 6) is -1.90. The predicted octanol–water partition coefficient (Wildman–Crippen LogP) is 2.30. The third kappa shape index (κ3) is 4.00. The summed E-state index contributed by atoms with van der Waals surface area (Å²) in [5.41, 5.74) is 0. The van der Waals surface area contributed by atoms with E-state index in [4.69, 9.17) is 28.3 Å². The lowest BCUT2D eigenvalue weighted by Crippen LogP contribution is -2.46. The topological polar surface area (TPSA) is 77.9 Å². The van der Waals surface area contributed by atoms with Crippen LogP contribution in [0.4, 0.5) is 4.39 Å². The van der Waals surface area contributed by atoms with Gasteiger partial charge >= 0.3 is 5.97 Å². The highest BCUT2D eigenvalue weighted by Crippen LogP contribution is 2.32. The Morgan fingerprint density at radius 3 is 2.50 bits per heavy atom. The summed E-state index contributed by atoms with van der Waals surface area (Å²) in [6.07, 6.45) is 0.966. The second-order valence-electron chi connectivity index (χ2n) is 5.62. The first-order valence-corrected chi connectivity index (χ1v) is 9.40. The summed E-state index contributed by atoms with van der Waals surface area (Å²) >= 11 is 11.4. The monoisotopic (exact) mass is 398 g/mol. The number of rotatable bonds is 5. The van der Waals surface area contributed by atoms with Crippen LogP contribution in [0.3, 0.4) is 0 Å². The van der Waals surface area contributed by atoms with Crippen LogP contribution in [0.1, 0.15) is 12.8 Å². The van der Waals surface area contributed by atoms with E-state index in [0.717, 1.165) is 6.07 Å². The fourth-order valence-corrected chi connectivity index (χ4v) is 4.90. The maximum Gasteiger partial charge on any atom is 0.317 e. The summed E-state index contributed by atoms with van der Waals surface area (Å²) in [6.45, 7) is 0.306. The molecule has 10 heteroatoms. The molecule has 0 amide bonds. The molecule has 1 aromatic carbocycles. The minimum Gasteiger partial charge on any atom is -0.480 e. The van der Waals surface area contributed by atoms with E-state index in [2.05, 4.69) is 0 Å². The number of likely N-dealkylation sites (N-methyl/N-ethyl adjacent to an activating group) is 1. The van der Waals surface area contributed by atoms with Crippen LogP contribution in [-0.4, -0.2) is 61.4 Å². The zero-order chi connectivity index (χ0) is 18.1. The third-order valence-corrected chi connectivity index (χ3v) is 6.76. The zero-order valence-corrected chi connectivity index (χ0v) is 15.2. The second-order valence-corrected chi connectivity index (χ2v) is 8.31. The number of benzene rings is 1. The highest BCUT2D eigenvalue weighted by Gasteiger charge is 2.33. The standard InChI is InChI=1S/C14H17Cl2FN2O4S/c1-18(8-12(20)21)9-4-6-19(7-5-9)24(22,23)11-3-2-10(15)14(17)13(11)16/h2-3,9H,4-8H2,1H3,(H,20,21). The molecule has 1 N–H and O–H groups in total. The second kappa shape index (κ2) is 7.53. The quantitative estimate of drug-likeness (QED) is 0.769. The molecule has 2 rings (SSSR count). The van der Waals surface area contributed by atoms with Crippen LogP contribution in [-0.2, 0) is 14.8 Å². The van der Waals surface area contributed by atoms with E-state index in [-0.39, 0.29) is 35.6 Å². The molecule has 0 spiro atoms. The summed E-state index contributed by atoms with van der Waals surface area (Å²) in [6, 6.07) is 2.32. The predicted molar refractivity (Wildman–Crippen MR) is 88.5 cm³/mol. The molecule has 0 aliphatic carbocycles. The first kappa shape index (κ1) is 19.4. The molecule has 1 saturated heterocycles. The Bertz CT molecular complexity index is 737. The van der Waals surface area contributed by atoms with Crippen LogP contribution in [0, 0.1) is 5.82 Å². The maximum absolute atomic E-state index is 13.8. The molecule has 0 radical (unpaired) electrons. The molecule has 0 unspecified atom stereocenters. The smallest absolute Gasteiger partial charge is 0.317 e. The number of nitrogens with zero attached hydrogens (tertiary/aromatic N) is 2. The number of carboxylic acids is 1. The van der Waals surface area contributed by atoms with Gasteiger partial charge < -0.3 is 5.11 Å². The van der Waals surface area contributed by atoms with Gasteiger partial charge in [-0.05, 0) is 32.0 Å². The van der Waals surface area contributed by atoms with Gasteiger partial charge in [0.25, 0.3) is 0 Å². The molecule has 24 heavy (non-hydrogen) atoms. The molecule has 1 fully saturated rings. The number of sulfonamides is 1. The fourth-order valence-electron chi connectivity index (χ4n) is 2.71. The number of carbonyl (C=O) groups is 1. The van der Waals surface area contributed by atoms with Gasteiger partial charge in [-0.1, -0.05) is 23.2 Å². The lowest BCUT2D eigenvalue weighted by Gasteiger charge is -2.35. The SMILES string of the molecule is CN(CC(=O)O)C1CCN(S(=O)(=O)c2ccc(Cl)c(F)c2Cl)CC1. The van der Waals surface area contributed by atoms with E-state index in [9.17, 15) is 17.6 Å². The maximum atomic E-state index is 13.8. The number of piperidine rings is 1. The van der Waals surface area contributed by atoms with Crippen LogP contribution >= 0.6 is 23.2 Å². The van der Waals surface area contributed by atoms with E-state index in [1.165, 1.54) is 10.4 Å². The van der Waals surface area contributed by atoms with E-state index in [0.29, 0.717) is 12.8 Å². The molecule has 0 atom stereocenters. The largest absolute Gasteiger partial charge is 0.480 e. The number of hydrogen-bond donors (Lipinski definition) is 1. The first-order valence-electron chi connectivity index (χ1n) is 7.20. The Balaban J connectivity index is 2.13. The Kier molecular flexibility index (Phi) is 6.09. The van der Waals surface area contributed by atoms with Crippen molar-refractivity contribution in [2.45, 2.75) is 23.8 Å². The van der Waals surface area contributed by atoms with Gasteiger partial charge in [0, 0.05) is 19.1 Å². The van der Waals surface area contributed by atoms with Crippen LogP contribution in [0.2, 0.25) is 10.0 Å². The highest BCUT2D eigenvalue weighted by molar-refractivity contribution is 7.89. The molecule has 6 nitrogen and oxygen atoms in total. The Morgan fingerprint density at radius 1 is 1.38 bits per heavy atom.